The molecule has 0 aliphatic carbocycles. The molecule has 0 fully saturated rings. The lowest BCUT2D eigenvalue weighted by Crippen LogP contribution is -2.08. The first-order valence-electron chi connectivity index (χ1n) is 6.97. The number of ether oxygens (including phenoxy) is 1. The summed E-state index contributed by atoms with van der Waals surface area (Å²) in [5, 5.41) is 8.82. The van der Waals surface area contributed by atoms with E-state index in [9.17, 15) is 0 Å². The van der Waals surface area contributed by atoms with Crippen molar-refractivity contribution in [2.45, 2.75) is 20.1 Å². The molecule has 0 radical (unpaired) electrons. The van der Waals surface area contributed by atoms with E-state index in [0.717, 1.165) is 23.0 Å². The molecule has 0 aliphatic rings. The van der Waals surface area contributed by atoms with E-state index in [-0.39, 0.29) is 0 Å². The maximum absolute atomic E-state index is 6.00. The van der Waals surface area contributed by atoms with Crippen molar-refractivity contribution >= 4 is 22.1 Å². The molecule has 0 spiro atoms. The smallest absolute Gasteiger partial charge is 0.131 e. The van der Waals surface area contributed by atoms with E-state index in [2.05, 4.69) is 40.6 Å². The highest BCUT2D eigenvalue weighted by Crippen LogP contribution is 2.28. The molecular weight excluding hydrogens is 280 g/mol. The number of nitrogens with zero attached hydrogens (tertiary/aromatic N) is 1. The number of aryl methyl sites for hydroxylation is 1. The van der Waals surface area contributed by atoms with E-state index in [4.69, 9.17) is 4.74 Å². The first-order chi connectivity index (χ1) is 10.3. The summed E-state index contributed by atoms with van der Waals surface area (Å²) < 4.78 is 6.00. The van der Waals surface area contributed by atoms with Crippen molar-refractivity contribution in [3.63, 3.8) is 0 Å². The van der Waals surface area contributed by atoms with Gasteiger partial charge in [0.2, 0.25) is 0 Å². The zero-order chi connectivity index (χ0) is 14.7. The van der Waals surface area contributed by atoms with Crippen molar-refractivity contribution in [2.75, 3.05) is 7.05 Å². The number of aromatic nitrogens is 1. The Morgan fingerprint density at radius 2 is 2.05 bits per heavy atom. The topological polar surface area (TPSA) is 34.1 Å². The van der Waals surface area contributed by atoms with Gasteiger partial charge in [-0.25, -0.2) is 4.98 Å². The zero-order valence-corrected chi connectivity index (χ0v) is 13.0. The van der Waals surface area contributed by atoms with Crippen LogP contribution in [0.5, 0.6) is 5.75 Å². The van der Waals surface area contributed by atoms with Crippen LogP contribution < -0.4 is 10.1 Å². The molecule has 0 saturated heterocycles. The molecule has 2 aromatic carbocycles. The van der Waals surface area contributed by atoms with Crippen LogP contribution in [0.1, 0.15) is 16.3 Å². The Balaban J connectivity index is 1.91. The average molecular weight is 298 g/mol. The second-order valence-corrected chi connectivity index (χ2v) is 6.00. The third-order valence-electron chi connectivity index (χ3n) is 3.39. The quantitative estimate of drug-likeness (QED) is 0.775. The van der Waals surface area contributed by atoms with Crippen LogP contribution in [-0.4, -0.2) is 12.0 Å². The molecule has 0 atom stereocenters. The van der Waals surface area contributed by atoms with Gasteiger partial charge in [-0.2, -0.15) is 0 Å². The van der Waals surface area contributed by atoms with Crippen LogP contribution in [-0.2, 0) is 13.2 Å². The van der Waals surface area contributed by atoms with Crippen LogP contribution in [0.2, 0.25) is 0 Å². The highest BCUT2D eigenvalue weighted by atomic mass is 32.1. The summed E-state index contributed by atoms with van der Waals surface area (Å²) in [6.07, 6.45) is 0. The molecule has 1 heterocycles. The molecule has 0 unspecified atom stereocenters. The van der Waals surface area contributed by atoms with Crippen LogP contribution in [0.25, 0.3) is 10.8 Å². The molecular formula is C17H18N2OS. The van der Waals surface area contributed by atoms with E-state index in [0.29, 0.717) is 6.61 Å². The fraction of sp³-hybridized carbons (Fsp3) is 0.235. The van der Waals surface area contributed by atoms with Gasteiger partial charge in [-0.15, -0.1) is 11.3 Å². The molecule has 0 amide bonds. The molecule has 108 valence electrons. The van der Waals surface area contributed by atoms with Gasteiger partial charge in [0, 0.05) is 17.5 Å². The summed E-state index contributed by atoms with van der Waals surface area (Å²) in [5.74, 6) is 0.925. The Hall–Kier alpha value is -1.91. The van der Waals surface area contributed by atoms with Gasteiger partial charge in [0.25, 0.3) is 0 Å². The summed E-state index contributed by atoms with van der Waals surface area (Å²) in [6, 6.07) is 12.5. The summed E-state index contributed by atoms with van der Waals surface area (Å²) in [6.45, 7) is 3.31. The summed E-state index contributed by atoms with van der Waals surface area (Å²) in [7, 11) is 1.95. The highest BCUT2D eigenvalue weighted by Gasteiger charge is 2.09. The van der Waals surface area contributed by atoms with Gasteiger partial charge < -0.3 is 10.1 Å². The van der Waals surface area contributed by atoms with Crippen molar-refractivity contribution in [3.8, 4) is 5.75 Å². The third kappa shape index (κ3) is 3.06. The van der Waals surface area contributed by atoms with Crippen LogP contribution in [0.3, 0.4) is 0 Å². The van der Waals surface area contributed by atoms with Gasteiger partial charge in [0.05, 0.1) is 10.7 Å². The second-order valence-electron chi connectivity index (χ2n) is 4.94. The molecule has 0 bridgehead atoms. The molecule has 4 heteroatoms. The van der Waals surface area contributed by atoms with Crippen molar-refractivity contribution < 1.29 is 4.74 Å². The molecule has 1 aromatic heterocycles. The number of nitrogens with one attached hydrogen (secondary N) is 1. The normalized spacial score (nSPS) is 11.0. The summed E-state index contributed by atoms with van der Waals surface area (Å²) in [5.41, 5.74) is 2.18. The number of thiazole rings is 1. The Labute approximate surface area is 128 Å². The monoisotopic (exact) mass is 298 g/mol. The second kappa shape index (κ2) is 6.24. The Bertz CT molecular complexity index is 751. The van der Waals surface area contributed by atoms with Gasteiger partial charge >= 0.3 is 0 Å². The first-order valence-corrected chi connectivity index (χ1v) is 7.85. The number of rotatable bonds is 5. The zero-order valence-electron chi connectivity index (χ0n) is 12.2. The first kappa shape index (κ1) is 14.0. The van der Waals surface area contributed by atoms with Gasteiger partial charge in [-0.1, -0.05) is 30.3 Å². The largest absolute Gasteiger partial charge is 0.487 e. The lowest BCUT2D eigenvalue weighted by atomic mass is 10.0. The van der Waals surface area contributed by atoms with Crippen molar-refractivity contribution in [2.24, 2.45) is 0 Å². The van der Waals surface area contributed by atoms with E-state index in [1.54, 1.807) is 11.3 Å². The van der Waals surface area contributed by atoms with E-state index in [1.807, 2.05) is 25.4 Å². The number of hydrogen-bond acceptors (Lipinski definition) is 4. The van der Waals surface area contributed by atoms with Crippen molar-refractivity contribution in [3.05, 3.63) is 58.0 Å². The minimum atomic E-state index is 0.513. The molecule has 0 aliphatic heterocycles. The minimum Gasteiger partial charge on any atom is -0.487 e. The summed E-state index contributed by atoms with van der Waals surface area (Å²) in [4.78, 5) is 4.44. The molecule has 0 saturated carbocycles. The highest BCUT2D eigenvalue weighted by molar-refractivity contribution is 7.09. The van der Waals surface area contributed by atoms with E-state index in [1.165, 1.54) is 16.3 Å². The third-order valence-corrected chi connectivity index (χ3v) is 4.22. The molecule has 1 N–H and O–H groups in total. The molecule has 3 aromatic rings. The molecule has 21 heavy (non-hydrogen) atoms. The standard InChI is InChI=1S/C17H18N2OS/c1-12-19-14(11-21-12)10-20-17-8-7-13-5-3-4-6-15(13)16(17)9-18-2/h3-8,11,18H,9-10H2,1-2H3. The van der Waals surface area contributed by atoms with Gasteiger partial charge in [-0.3, -0.25) is 0 Å². The SMILES string of the molecule is CNCc1c(OCc2csc(C)n2)ccc2ccccc12. The number of benzene rings is 2. The maximum Gasteiger partial charge on any atom is 0.131 e. The van der Waals surface area contributed by atoms with Gasteiger partial charge in [0.15, 0.2) is 0 Å². The number of fused-ring (bicyclic) bond motifs is 1. The van der Waals surface area contributed by atoms with Crippen molar-refractivity contribution in [1.82, 2.24) is 10.3 Å². The average Bonchev–Trinajstić information content (AvgIpc) is 2.92. The number of hydrogen-bond donors (Lipinski definition) is 1. The lowest BCUT2D eigenvalue weighted by molar-refractivity contribution is 0.299. The minimum absolute atomic E-state index is 0.513. The maximum atomic E-state index is 6.00. The summed E-state index contributed by atoms with van der Waals surface area (Å²) >= 11 is 1.65. The Morgan fingerprint density at radius 3 is 2.81 bits per heavy atom. The van der Waals surface area contributed by atoms with Gasteiger partial charge in [0.1, 0.15) is 12.4 Å². The molecule has 3 rings (SSSR count). The van der Waals surface area contributed by atoms with Gasteiger partial charge in [-0.05, 0) is 30.8 Å². The fourth-order valence-electron chi connectivity index (χ4n) is 2.44. The van der Waals surface area contributed by atoms with E-state index < -0.39 is 0 Å². The van der Waals surface area contributed by atoms with Crippen LogP contribution in [0.4, 0.5) is 0 Å². The van der Waals surface area contributed by atoms with Crippen LogP contribution in [0, 0.1) is 6.92 Å². The lowest BCUT2D eigenvalue weighted by Gasteiger charge is -2.13. The predicted molar refractivity (Wildman–Crippen MR) is 87.9 cm³/mol. The van der Waals surface area contributed by atoms with Crippen LogP contribution in [0.15, 0.2) is 41.8 Å². The fourth-order valence-corrected chi connectivity index (χ4v) is 3.03. The van der Waals surface area contributed by atoms with Crippen LogP contribution >= 0.6 is 11.3 Å². The Morgan fingerprint density at radius 1 is 1.19 bits per heavy atom. The molecule has 3 nitrogen and oxygen atoms in total. The predicted octanol–water partition coefficient (Wildman–Crippen LogP) is 3.90. The Kier molecular flexibility index (Phi) is 4.18. The van der Waals surface area contributed by atoms with E-state index >= 15 is 0 Å². The van der Waals surface area contributed by atoms with Crippen molar-refractivity contribution in [1.29, 1.82) is 0 Å².